The molecule has 216 valence electrons. The molecule has 4 amide bonds. The molecule has 11 nitrogen and oxygen atoms in total. The van der Waals surface area contributed by atoms with Crippen molar-refractivity contribution in [2.45, 2.75) is 63.5 Å². The Kier molecular flexibility index (Phi) is 9.18. The Morgan fingerprint density at radius 1 is 0.976 bits per heavy atom. The second-order valence-electron chi connectivity index (χ2n) is 10.9. The summed E-state index contributed by atoms with van der Waals surface area (Å²) in [5.41, 5.74) is 6.45. The predicted molar refractivity (Wildman–Crippen MR) is 152 cm³/mol. The van der Waals surface area contributed by atoms with Crippen molar-refractivity contribution in [3.63, 3.8) is 0 Å². The number of alkyl carbamates (subject to hydrolysis) is 1. The molecule has 1 saturated heterocycles. The summed E-state index contributed by atoms with van der Waals surface area (Å²) in [6, 6.07) is 18.4. The number of fused-ring (bicyclic) bond motifs is 1. The van der Waals surface area contributed by atoms with Crippen LogP contribution >= 0.6 is 0 Å². The van der Waals surface area contributed by atoms with Crippen molar-refractivity contribution in [2.75, 3.05) is 6.54 Å². The summed E-state index contributed by atoms with van der Waals surface area (Å²) in [5, 5.41) is 9.07. The summed E-state index contributed by atoms with van der Waals surface area (Å²) >= 11 is 0. The average molecular weight is 562 g/mol. The Hall–Kier alpha value is -4.51. The maximum atomic E-state index is 13.4. The number of primary amides is 1. The van der Waals surface area contributed by atoms with Crippen LogP contribution in [0.1, 0.15) is 43.2 Å². The van der Waals surface area contributed by atoms with Gasteiger partial charge in [-0.05, 0) is 44.9 Å². The number of nitrogens with zero attached hydrogens (tertiary/aromatic N) is 1. The summed E-state index contributed by atoms with van der Waals surface area (Å²) in [7, 11) is 0. The molecule has 11 heteroatoms. The molecule has 1 fully saturated rings. The van der Waals surface area contributed by atoms with Crippen LogP contribution in [0.2, 0.25) is 0 Å². The summed E-state index contributed by atoms with van der Waals surface area (Å²) in [5.74, 6) is -1.95. The number of para-hydroxylation sites is 1. The average Bonchev–Trinajstić information content (AvgIpc) is 3.70. The molecular weight excluding hydrogens is 526 g/mol. The van der Waals surface area contributed by atoms with Gasteiger partial charge in [0.15, 0.2) is 0 Å². The molecule has 1 aliphatic heterocycles. The number of carbonyl (C=O) groups excluding carboxylic acids is 4. The number of rotatable bonds is 11. The zero-order valence-corrected chi connectivity index (χ0v) is 23.3. The van der Waals surface area contributed by atoms with Crippen LogP contribution in [0.25, 0.3) is 10.9 Å². The van der Waals surface area contributed by atoms with E-state index < -0.39 is 54.0 Å². The van der Waals surface area contributed by atoms with E-state index in [1.807, 2.05) is 48.5 Å². The number of hydrogen-bond donors (Lipinski definition) is 4. The van der Waals surface area contributed by atoms with Gasteiger partial charge in [-0.2, -0.15) is 0 Å². The number of ether oxygens (including phenoxy) is 2. The second-order valence-corrected chi connectivity index (χ2v) is 10.9. The first-order valence-electron chi connectivity index (χ1n) is 13.4. The number of nitrogens with two attached hydrogens (primary N) is 1. The molecule has 0 saturated carbocycles. The Morgan fingerprint density at radius 2 is 1.68 bits per heavy atom. The van der Waals surface area contributed by atoms with Crippen LogP contribution in [-0.4, -0.2) is 65.2 Å². The number of nitrogens with one attached hydrogen (secondary N) is 3. The lowest BCUT2D eigenvalue weighted by Crippen LogP contribution is -2.53. The number of amides is 4. The minimum absolute atomic E-state index is 0.102. The molecule has 0 bridgehead atoms. The predicted octanol–water partition coefficient (Wildman–Crippen LogP) is 2.23. The van der Waals surface area contributed by atoms with E-state index in [0.29, 0.717) is 11.9 Å². The van der Waals surface area contributed by atoms with Gasteiger partial charge >= 0.3 is 6.09 Å². The van der Waals surface area contributed by atoms with E-state index in [-0.39, 0.29) is 18.3 Å². The SMILES string of the molecule is CC(C)(C)OC(=O)NC[C@@H]1O[C@@H]1[C@H](Cc1ccccc1)NC(=O)C(CC(N)=O)NC(=O)c1ccc2ccccc2n1. The fraction of sp³-hybridized carbons (Fsp3) is 0.367. The van der Waals surface area contributed by atoms with Crippen LogP contribution in [0.5, 0.6) is 0 Å². The Morgan fingerprint density at radius 3 is 2.39 bits per heavy atom. The minimum Gasteiger partial charge on any atom is -0.444 e. The van der Waals surface area contributed by atoms with Crippen molar-refractivity contribution in [3.8, 4) is 0 Å². The van der Waals surface area contributed by atoms with Crippen LogP contribution in [0.15, 0.2) is 66.7 Å². The lowest BCUT2D eigenvalue weighted by molar-refractivity contribution is -0.127. The molecule has 2 aromatic carbocycles. The van der Waals surface area contributed by atoms with E-state index in [1.54, 1.807) is 39.0 Å². The Balaban J connectivity index is 1.44. The van der Waals surface area contributed by atoms with Crippen LogP contribution in [0, 0.1) is 0 Å². The molecule has 2 heterocycles. The van der Waals surface area contributed by atoms with Gasteiger partial charge in [-0.3, -0.25) is 14.4 Å². The van der Waals surface area contributed by atoms with Crippen molar-refractivity contribution in [2.24, 2.45) is 5.73 Å². The molecular formula is C30H35N5O6. The topological polar surface area (TPSA) is 165 Å². The van der Waals surface area contributed by atoms with Crippen LogP contribution in [0.4, 0.5) is 4.79 Å². The standard InChI is InChI=1S/C30H35N5O6/c1-30(2,3)41-29(39)32-17-24-26(40-24)22(15-18-9-5-4-6-10-18)34-28(38)23(16-25(31)36)35-27(37)21-14-13-19-11-7-8-12-20(19)33-21/h4-14,22-24,26H,15-17H2,1-3H3,(H2,31,36)(H,32,39)(H,34,38)(H,35,37)/t22-,23?,24-,26+/m0/s1. The van der Waals surface area contributed by atoms with Crippen LogP contribution in [0.3, 0.4) is 0 Å². The smallest absolute Gasteiger partial charge is 0.407 e. The van der Waals surface area contributed by atoms with Crippen molar-refractivity contribution in [3.05, 3.63) is 78.0 Å². The van der Waals surface area contributed by atoms with Crippen molar-refractivity contribution < 1.29 is 28.7 Å². The maximum Gasteiger partial charge on any atom is 0.407 e. The largest absolute Gasteiger partial charge is 0.444 e. The molecule has 1 aromatic heterocycles. The van der Waals surface area contributed by atoms with E-state index in [2.05, 4.69) is 20.9 Å². The normalized spacial score (nSPS) is 17.6. The Labute approximate surface area is 238 Å². The molecule has 1 unspecified atom stereocenters. The third kappa shape index (κ3) is 8.74. The lowest BCUT2D eigenvalue weighted by atomic mass is 10.0. The van der Waals surface area contributed by atoms with E-state index in [0.717, 1.165) is 10.9 Å². The molecule has 4 rings (SSSR count). The molecule has 1 aliphatic rings. The highest BCUT2D eigenvalue weighted by Gasteiger charge is 2.46. The van der Waals surface area contributed by atoms with Crippen molar-refractivity contribution >= 4 is 34.7 Å². The number of aromatic nitrogens is 1. The van der Waals surface area contributed by atoms with Crippen LogP contribution < -0.4 is 21.7 Å². The van der Waals surface area contributed by atoms with Gasteiger partial charge in [0, 0.05) is 11.9 Å². The molecule has 0 aliphatic carbocycles. The summed E-state index contributed by atoms with van der Waals surface area (Å²) in [4.78, 5) is 54.7. The molecule has 41 heavy (non-hydrogen) atoms. The number of pyridine rings is 1. The van der Waals surface area contributed by atoms with Gasteiger partial charge in [-0.1, -0.05) is 54.6 Å². The minimum atomic E-state index is -1.23. The van der Waals surface area contributed by atoms with E-state index >= 15 is 0 Å². The zero-order valence-electron chi connectivity index (χ0n) is 23.3. The highest BCUT2D eigenvalue weighted by Crippen LogP contribution is 2.27. The highest BCUT2D eigenvalue weighted by molar-refractivity contribution is 5.99. The van der Waals surface area contributed by atoms with Gasteiger partial charge in [-0.25, -0.2) is 9.78 Å². The van der Waals surface area contributed by atoms with Gasteiger partial charge in [0.25, 0.3) is 5.91 Å². The fourth-order valence-corrected chi connectivity index (χ4v) is 4.41. The van der Waals surface area contributed by atoms with E-state index in [9.17, 15) is 19.2 Å². The van der Waals surface area contributed by atoms with Gasteiger partial charge in [0.1, 0.15) is 29.5 Å². The third-order valence-electron chi connectivity index (χ3n) is 6.35. The Bertz CT molecular complexity index is 1410. The molecule has 4 atom stereocenters. The van der Waals surface area contributed by atoms with Crippen LogP contribution in [-0.2, 0) is 25.5 Å². The zero-order chi connectivity index (χ0) is 29.6. The van der Waals surface area contributed by atoms with Gasteiger partial charge in [-0.15, -0.1) is 0 Å². The van der Waals surface area contributed by atoms with Gasteiger partial charge in [0.2, 0.25) is 11.8 Å². The second kappa shape index (κ2) is 12.8. The van der Waals surface area contributed by atoms with Crippen molar-refractivity contribution in [1.82, 2.24) is 20.9 Å². The summed E-state index contributed by atoms with van der Waals surface area (Å²) in [6.07, 6.45) is -1.33. The van der Waals surface area contributed by atoms with Crippen molar-refractivity contribution in [1.29, 1.82) is 0 Å². The van der Waals surface area contributed by atoms with Gasteiger partial charge < -0.3 is 31.2 Å². The number of hydrogen-bond acceptors (Lipinski definition) is 7. The molecule has 3 aromatic rings. The highest BCUT2D eigenvalue weighted by atomic mass is 16.6. The number of epoxide rings is 1. The van der Waals surface area contributed by atoms with E-state index in [1.165, 1.54) is 0 Å². The van der Waals surface area contributed by atoms with E-state index in [4.69, 9.17) is 15.2 Å². The summed E-state index contributed by atoms with van der Waals surface area (Å²) in [6.45, 7) is 5.50. The molecule has 0 spiro atoms. The quantitative estimate of drug-likeness (QED) is 0.261. The first kappa shape index (κ1) is 29.5. The first-order chi connectivity index (χ1) is 19.5. The molecule has 0 radical (unpaired) electrons. The lowest BCUT2D eigenvalue weighted by Gasteiger charge is -2.22. The fourth-order valence-electron chi connectivity index (χ4n) is 4.41. The molecule has 5 N–H and O–H groups in total. The number of carbonyl (C=O) groups is 4. The monoisotopic (exact) mass is 561 g/mol. The number of benzene rings is 2. The van der Waals surface area contributed by atoms with Gasteiger partial charge in [0.05, 0.1) is 18.0 Å². The maximum absolute atomic E-state index is 13.4. The first-order valence-corrected chi connectivity index (χ1v) is 13.4. The summed E-state index contributed by atoms with van der Waals surface area (Å²) < 4.78 is 11.1. The third-order valence-corrected chi connectivity index (χ3v) is 6.35.